The molecule has 0 saturated heterocycles. The summed E-state index contributed by atoms with van der Waals surface area (Å²) in [6.45, 7) is 2.10. The molecule has 0 aliphatic rings. The van der Waals surface area contributed by atoms with E-state index in [1.54, 1.807) is 25.1 Å². The van der Waals surface area contributed by atoms with Crippen LogP contribution in [0.15, 0.2) is 12.1 Å². The molecule has 5 heteroatoms. The number of anilines is 1. The van der Waals surface area contributed by atoms with Gasteiger partial charge in [-0.25, -0.2) is 14.7 Å². The van der Waals surface area contributed by atoms with Crippen LogP contribution < -0.4 is 10.8 Å². The third kappa shape index (κ3) is 2.48. The fourth-order valence-electron chi connectivity index (χ4n) is 1.64. The Morgan fingerprint density at radius 3 is 2.50 bits per heavy atom. The van der Waals surface area contributed by atoms with Crippen molar-refractivity contribution in [3.63, 3.8) is 0 Å². The molecule has 3 nitrogen and oxygen atoms in total. The Kier molecular flexibility index (Phi) is 4.20. The summed E-state index contributed by atoms with van der Waals surface area (Å²) in [6, 6.07) is 2.67. The molecule has 1 aromatic carbocycles. The molecule has 0 bridgehead atoms. The van der Waals surface area contributed by atoms with E-state index < -0.39 is 11.6 Å². The minimum absolute atomic E-state index is 0.0995. The zero-order chi connectivity index (χ0) is 12.3. The third-order valence-electron chi connectivity index (χ3n) is 2.42. The first-order chi connectivity index (χ1) is 7.49. The standard InChI is InChI=1S/C11H16F2N2O/c1-7(6-16-14)8-4-5-9(12)10(13)11(8)15(2)3/h4-5,7H,6,14H2,1-3H3. The zero-order valence-corrected chi connectivity index (χ0v) is 9.63. The van der Waals surface area contributed by atoms with Gasteiger partial charge in [-0.1, -0.05) is 13.0 Å². The van der Waals surface area contributed by atoms with Crippen LogP contribution in [0.2, 0.25) is 0 Å². The molecule has 0 radical (unpaired) electrons. The maximum absolute atomic E-state index is 13.6. The van der Waals surface area contributed by atoms with Crippen LogP contribution in [-0.4, -0.2) is 20.7 Å². The summed E-state index contributed by atoms with van der Waals surface area (Å²) in [6.07, 6.45) is 0. The number of rotatable bonds is 4. The molecule has 0 aliphatic carbocycles. The Morgan fingerprint density at radius 1 is 1.38 bits per heavy atom. The SMILES string of the molecule is CC(CON)c1ccc(F)c(F)c1N(C)C. The Bertz CT molecular complexity index is 369. The van der Waals surface area contributed by atoms with Crippen LogP contribution in [0.1, 0.15) is 18.4 Å². The maximum Gasteiger partial charge on any atom is 0.182 e. The number of hydrogen-bond donors (Lipinski definition) is 1. The molecular formula is C11H16F2N2O. The topological polar surface area (TPSA) is 38.5 Å². The van der Waals surface area contributed by atoms with Crippen molar-refractivity contribution in [2.75, 3.05) is 25.6 Å². The number of benzene rings is 1. The highest BCUT2D eigenvalue weighted by Gasteiger charge is 2.19. The number of nitrogens with zero attached hydrogens (tertiary/aromatic N) is 1. The lowest BCUT2D eigenvalue weighted by molar-refractivity contribution is 0.126. The predicted octanol–water partition coefficient (Wildman–Crippen LogP) is 2.02. The molecule has 1 unspecified atom stereocenters. The van der Waals surface area contributed by atoms with E-state index in [4.69, 9.17) is 5.90 Å². The molecular weight excluding hydrogens is 214 g/mol. The van der Waals surface area contributed by atoms with Crippen molar-refractivity contribution in [3.05, 3.63) is 29.3 Å². The molecule has 2 N–H and O–H groups in total. The van der Waals surface area contributed by atoms with Crippen molar-refractivity contribution in [2.24, 2.45) is 5.90 Å². The van der Waals surface area contributed by atoms with Gasteiger partial charge in [0, 0.05) is 20.0 Å². The highest BCUT2D eigenvalue weighted by atomic mass is 19.2. The van der Waals surface area contributed by atoms with E-state index in [-0.39, 0.29) is 18.2 Å². The lowest BCUT2D eigenvalue weighted by Gasteiger charge is -2.22. The highest BCUT2D eigenvalue weighted by Crippen LogP contribution is 2.30. The summed E-state index contributed by atoms with van der Waals surface area (Å²) >= 11 is 0. The number of hydrogen-bond acceptors (Lipinski definition) is 3. The van der Waals surface area contributed by atoms with Crippen LogP contribution >= 0.6 is 0 Å². The van der Waals surface area contributed by atoms with Gasteiger partial charge in [0.2, 0.25) is 0 Å². The quantitative estimate of drug-likeness (QED) is 0.804. The van der Waals surface area contributed by atoms with E-state index >= 15 is 0 Å². The minimum atomic E-state index is -0.853. The van der Waals surface area contributed by atoms with E-state index in [0.717, 1.165) is 6.07 Å². The Labute approximate surface area is 93.8 Å². The lowest BCUT2D eigenvalue weighted by atomic mass is 9.99. The van der Waals surface area contributed by atoms with E-state index in [2.05, 4.69) is 4.84 Å². The Balaban J connectivity index is 3.23. The summed E-state index contributed by atoms with van der Waals surface area (Å²) in [5.74, 6) is 3.19. The summed E-state index contributed by atoms with van der Waals surface area (Å²) in [4.78, 5) is 6.07. The second kappa shape index (κ2) is 5.23. The van der Waals surface area contributed by atoms with Crippen molar-refractivity contribution in [1.82, 2.24) is 0 Å². The first kappa shape index (κ1) is 12.9. The number of halogens is 2. The zero-order valence-electron chi connectivity index (χ0n) is 9.63. The predicted molar refractivity (Wildman–Crippen MR) is 59.2 cm³/mol. The van der Waals surface area contributed by atoms with Gasteiger partial charge in [-0.2, -0.15) is 0 Å². The molecule has 0 heterocycles. The molecule has 0 amide bonds. The largest absolute Gasteiger partial charge is 0.375 e. The molecule has 1 rings (SSSR count). The van der Waals surface area contributed by atoms with Crippen molar-refractivity contribution in [3.8, 4) is 0 Å². The van der Waals surface area contributed by atoms with Gasteiger partial charge in [-0.3, -0.25) is 0 Å². The van der Waals surface area contributed by atoms with Crippen molar-refractivity contribution in [2.45, 2.75) is 12.8 Å². The first-order valence-corrected chi connectivity index (χ1v) is 4.96. The van der Waals surface area contributed by atoms with E-state index in [0.29, 0.717) is 5.56 Å². The summed E-state index contributed by atoms with van der Waals surface area (Å²) < 4.78 is 26.7. The molecule has 0 saturated carbocycles. The van der Waals surface area contributed by atoms with Gasteiger partial charge in [0.25, 0.3) is 0 Å². The van der Waals surface area contributed by atoms with E-state index in [1.807, 2.05) is 6.92 Å². The van der Waals surface area contributed by atoms with Crippen LogP contribution in [0.25, 0.3) is 0 Å². The molecule has 90 valence electrons. The van der Waals surface area contributed by atoms with Gasteiger partial charge in [-0.05, 0) is 11.6 Å². The van der Waals surface area contributed by atoms with Crippen molar-refractivity contribution in [1.29, 1.82) is 0 Å². The highest BCUT2D eigenvalue weighted by molar-refractivity contribution is 5.55. The van der Waals surface area contributed by atoms with Gasteiger partial charge < -0.3 is 9.74 Å². The molecule has 0 aromatic heterocycles. The van der Waals surface area contributed by atoms with E-state index in [1.165, 1.54) is 0 Å². The van der Waals surface area contributed by atoms with Crippen molar-refractivity contribution < 1.29 is 13.6 Å². The van der Waals surface area contributed by atoms with Crippen LogP contribution in [0.4, 0.5) is 14.5 Å². The second-order valence-corrected chi connectivity index (χ2v) is 3.93. The van der Waals surface area contributed by atoms with Crippen LogP contribution in [0.3, 0.4) is 0 Å². The molecule has 1 atom stereocenters. The Hall–Kier alpha value is -1.20. The Morgan fingerprint density at radius 2 is 2.00 bits per heavy atom. The van der Waals surface area contributed by atoms with Crippen LogP contribution in [-0.2, 0) is 4.84 Å². The number of nitrogens with two attached hydrogens (primary N) is 1. The van der Waals surface area contributed by atoms with Gasteiger partial charge in [0.05, 0.1) is 12.3 Å². The van der Waals surface area contributed by atoms with Gasteiger partial charge >= 0.3 is 0 Å². The first-order valence-electron chi connectivity index (χ1n) is 4.96. The molecule has 0 aliphatic heterocycles. The van der Waals surface area contributed by atoms with Gasteiger partial charge in [0.15, 0.2) is 11.6 Å². The smallest absolute Gasteiger partial charge is 0.182 e. The summed E-state index contributed by atoms with van der Waals surface area (Å²) in [5, 5.41) is 0. The fraction of sp³-hybridized carbons (Fsp3) is 0.455. The average Bonchev–Trinajstić information content (AvgIpc) is 2.21. The lowest BCUT2D eigenvalue weighted by Crippen LogP contribution is -2.17. The summed E-state index contributed by atoms with van der Waals surface area (Å²) in [5.41, 5.74) is 0.916. The molecule has 16 heavy (non-hydrogen) atoms. The summed E-state index contributed by atoms with van der Waals surface area (Å²) in [7, 11) is 3.33. The molecule has 1 aromatic rings. The normalized spacial score (nSPS) is 12.6. The average molecular weight is 230 g/mol. The second-order valence-electron chi connectivity index (χ2n) is 3.93. The van der Waals surface area contributed by atoms with Crippen molar-refractivity contribution >= 4 is 5.69 Å². The fourth-order valence-corrected chi connectivity index (χ4v) is 1.64. The molecule has 0 fully saturated rings. The monoisotopic (exact) mass is 230 g/mol. The van der Waals surface area contributed by atoms with Crippen LogP contribution in [0.5, 0.6) is 0 Å². The third-order valence-corrected chi connectivity index (χ3v) is 2.42. The van der Waals surface area contributed by atoms with Gasteiger partial charge in [0.1, 0.15) is 0 Å². The molecule has 0 spiro atoms. The van der Waals surface area contributed by atoms with E-state index in [9.17, 15) is 8.78 Å². The minimum Gasteiger partial charge on any atom is -0.375 e. The van der Waals surface area contributed by atoms with Gasteiger partial charge in [-0.15, -0.1) is 0 Å². The van der Waals surface area contributed by atoms with Crippen LogP contribution in [0, 0.1) is 11.6 Å². The maximum atomic E-state index is 13.6.